The number of carbonyl (C=O) groups is 2. The smallest absolute Gasteiger partial charge is 0.294 e. The molecule has 1 aliphatic heterocycles. The summed E-state index contributed by atoms with van der Waals surface area (Å²) in [5, 5.41) is 0. The molecule has 0 aliphatic carbocycles. The van der Waals surface area contributed by atoms with Crippen molar-refractivity contribution in [3.8, 4) is 0 Å². The molecule has 1 saturated heterocycles. The molecule has 5 heteroatoms. The number of benzene rings is 1. The molecule has 0 aromatic heterocycles. The minimum Gasteiger partial charge on any atom is -0.303 e. The van der Waals surface area contributed by atoms with Gasteiger partial charge in [-0.05, 0) is 44.0 Å². The van der Waals surface area contributed by atoms with Gasteiger partial charge in [-0.3, -0.25) is 9.59 Å². The molecule has 1 aromatic rings. The van der Waals surface area contributed by atoms with Crippen LogP contribution in [-0.2, 0) is 9.59 Å². The molecule has 2 rings (SSSR count). The lowest BCUT2D eigenvalue weighted by molar-refractivity contribution is -0.133. The Labute approximate surface area is 104 Å². The number of para-hydroxylation sites is 1. The van der Waals surface area contributed by atoms with Crippen molar-refractivity contribution in [2.75, 3.05) is 11.4 Å². The van der Waals surface area contributed by atoms with E-state index in [0.29, 0.717) is 13.0 Å². The lowest BCUT2D eigenvalue weighted by Gasteiger charge is -2.17. The molecule has 0 N–H and O–H groups in total. The van der Waals surface area contributed by atoms with Gasteiger partial charge in [0.1, 0.15) is 0 Å². The van der Waals surface area contributed by atoms with Crippen molar-refractivity contribution in [1.82, 2.24) is 0 Å². The van der Waals surface area contributed by atoms with E-state index in [0.717, 1.165) is 14.6 Å². The Hall–Kier alpha value is -0.680. The van der Waals surface area contributed by atoms with Crippen LogP contribution in [-0.4, -0.2) is 18.2 Å². The van der Waals surface area contributed by atoms with Crippen molar-refractivity contribution in [3.63, 3.8) is 0 Å². The van der Waals surface area contributed by atoms with Crippen molar-refractivity contribution < 1.29 is 9.59 Å². The molecule has 0 atom stereocenters. The number of rotatable bonds is 1. The molecule has 0 saturated carbocycles. The standard InChI is InChI=1S/C10H7Br2NO2/c11-6-2-1-3-7(12)9(6)13-5-4-8(14)10(13)15/h1-3H,4-5H2. The Morgan fingerprint density at radius 3 is 2.20 bits per heavy atom. The number of Topliss-reactive ketones (excluding diaryl/α,β-unsaturated/α-hetero) is 1. The van der Waals surface area contributed by atoms with E-state index in [1.54, 1.807) is 0 Å². The largest absolute Gasteiger partial charge is 0.303 e. The van der Waals surface area contributed by atoms with Crippen molar-refractivity contribution >= 4 is 49.2 Å². The highest BCUT2D eigenvalue weighted by molar-refractivity contribution is 9.11. The van der Waals surface area contributed by atoms with Crippen LogP contribution < -0.4 is 4.90 Å². The Morgan fingerprint density at radius 2 is 1.73 bits per heavy atom. The van der Waals surface area contributed by atoms with Crippen molar-refractivity contribution in [1.29, 1.82) is 0 Å². The second kappa shape index (κ2) is 4.06. The summed E-state index contributed by atoms with van der Waals surface area (Å²) in [5.74, 6) is -0.750. The number of ketones is 1. The molecule has 1 heterocycles. The summed E-state index contributed by atoms with van der Waals surface area (Å²) in [5.41, 5.74) is 0.730. The number of nitrogens with zero attached hydrogens (tertiary/aromatic N) is 1. The summed E-state index contributed by atoms with van der Waals surface area (Å²) in [6, 6.07) is 5.55. The van der Waals surface area contributed by atoms with Crippen LogP contribution in [0, 0.1) is 0 Å². The predicted octanol–water partition coefficient (Wildman–Crippen LogP) is 2.52. The first-order valence-corrected chi connectivity index (χ1v) is 5.98. The summed E-state index contributed by atoms with van der Waals surface area (Å²) in [7, 11) is 0. The highest BCUT2D eigenvalue weighted by atomic mass is 79.9. The number of halogens is 2. The molecule has 0 bridgehead atoms. The van der Waals surface area contributed by atoms with Crippen LogP contribution in [0.5, 0.6) is 0 Å². The second-order valence-electron chi connectivity index (χ2n) is 3.20. The van der Waals surface area contributed by atoms with Crippen LogP contribution in [0.1, 0.15) is 6.42 Å². The Kier molecular flexibility index (Phi) is 2.93. The first-order chi connectivity index (χ1) is 7.11. The normalized spacial score (nSPS) is 16.3. The highest BCUT2D eigenvalue weighted by Crippen LogP contribution is 2.35. The lowest BCUT2D eigenvalue weighted by Crippen LogP contribution is -2.27. The predicted molar refractivity (Wildman–Crippen MR) is 63.8 cm³/mol. The van der Waals surface area contributed by atoms with Gasteiger partial charge in [0.2, 0.25) is 5.78 Å². The fourth-order valence-electron chi connectivity index (χ4n) is 1.53. The van der Waals surface area contributed by atoms with E-state index in [4.69, 9.17) is 0 Å². The zero-order valence-electron chi connectivity index (χ0n) is 7.67. The zero-order valence-corrected chi connectivity index (χ0v) is 10.8. The van der Waals surface area contributed by atoms with Crippen molar-refractivity contribution in [3.05, 3.63) is 27.1 Å². The van der Waals surface area contributed by atoms with Crippen LogP contribution in [0.15, 0.2) is 27.1 Å². The monoisotopic (exact) mass is 331 g/mol. The fraction of sp³-hybridized carbons (Fsp3) is 0.200. The zero-order chi connectivity index (χ0) is 11.0. The van der Waals surface area contributed by atoms with E-state index in [-0.39, 0.29) is 5.78 Å². The maximum absolute atomic E-state index is 11.5. The quantitative estimate of drug-likeness (QED) is 0.741. The SMILES string of the molecule is O=C1CCN(c2c(Br)cccc2Br)C1=O. The van der Waals surface area contributed by atoms with Gasteiger partial charge in [-0.25, -0.2) is 0 Å². The average Bonchev–Trinajstić information content (AvgIpc) is 2.49. The molecule has 78 valence electrons. The molecular weight excluding hydrogens is 326 g/mol. The number of hydrogen-bond donors (Lipinski definition) is 0. The van der Waals surface area contributed by atoms with Crippen LogP contribution in [0.4, 0.5) is 5.69 Å². The molecule has 0 radical (unpaired) electrons. The molecule has 1 aromatic carbocycles. The molecule has 0 spiro atoms. The minimum atomic E-state index is -0.428. The first kappa shape index (κ1) is 10.8. The van der Waals surface area contributed by atoms with Gasteiger partial charge in [0.05, 0.1) is 5.69 Å². The molecule has 1 aliphatic rings. The molecule has 1 amide bonds. The number of carbonyl (C=O) groups excluding carboxylic acids is 2. The summed E-state index contributed by atoms with van der Waals surface area (Å²) in [6.45, 7) is 0.457. The first-order valence-electron chi connectivity index (χ1n) is 4.40. The Balaban J connectivity index is 2.46. The highest BCUT2D eigenvalue weighted by Gasteiger charge is 2.32. The average molecular weight is 333 g/mol. The van der Waals surface area contributed by atoms with Crippen LogP contribution in [0.3, 0.4) is 0 Å². The molecule has 15 heavy (non-hydrogen) atoms. The van der Waals surface area contributed by atoms with Gasteiger partial charge in [-0.1, -0.05) is 6.07 Å². The van der Waals surface area contributed by atoms with Crippen LogP contribution >= 0.6 is 31.9 Å². The van der Waals surface area contributed by atoms with Gasteiger partial charge < -0.3 is 4.90 Å². The van der Waals surface area contributed by atoms with Crippen LogP contribution in [0.2, 0.25) is 0 Å². The summed E-state index contributed by atoms with van der Waals surface area (Å²) in [4.78, 5) is 24.2. The number of hydrogen-bond acceptors (Lipinski definition) is 2. The van der Waals surface area contributed by atoms with E-state index >= 15 is 0 Å². The molecule has 3 nitrogen and oxygen atoms in total. The van der Waals surface area contributed by atoms with Gasteiger partial charge in [-0.15, -0.1) is 0 Å². The number of amides is 1. The van der Waals surface area contributed by atoms with Crippen LogP contribution in [0.25, 0.3) is 0 Å². The molecule has 0 unspecified atom stereocenters. The summed E-state index contributed by atoms with van der Waals surface area (Å²) >= 11 is 6.74. The van der Waals surface area contributed by atoms with E-state index in [1.165, 1.54) is 4.90 Å². The third-order valence-electron chi connectivity index (χ3n) is 2.25. The fourth-order valence-corrected chi connectivity index (χ4v) is 2.96. The third-order valence-corrected chi connectivity index (χ3v) is 3.53. The Bertz CT molecular complexity index is 425. The Morgan fingerprint density at radius 1 is 1.13 bits per heavy atom. The van der Waals surface area contributed by atoms with E-state index in [2.05, 4.69) is 31.9 Å². The molecule has 1 fully saturated rings. The lowest BCUT2D eigenvalue weighted by atomic mass is 10.3. The van der Waals surface area contributed by atoms with Crippen molar-refractivity contribution in [2.24, 2.45) is 0 Å². The van der Waals surface area contributed by atoms with Gasteiger partial charge in [-0.2, -0.15) is 0 Å². The van der Waals surface area contributed by atoms with E-state index in [9.17, 15) is 9.59 Å². The van der Waals surface area contributed by atoms with Gasteiger partial charge in [0, 0.05) is 21.9 Å². The second-order valence-corrected chi connectivity index (χ2v) is 4.91. The van der Waals surface area contributed by atoms with Crippen molar-refractivity contribution in [2.45, 2.75) is 6.42 Å². The minimum absolute atomic E-state index is 0.298. The van der Waals surface area contributed by atoms with E-state index in [1.807, 2.05) is 18.2 Å². The van der Waals surface area contributed by atoms with Gasteiger partial charge in [0.15, 0.2) is 0 Å². The summed E-state index contributed by atoms with van der Waals surface area (Å²) in [6.07, 6.45) is 0.298. The number of anilines is 1. The summed E-state index contributed by atoms with van der Waals surface area (Å²) < 4.78 is 1.61. The van der Waals surface area contributed by atoms with Gasteiger partial charge >= 0.3 is 0 Å². The maximum Gasteiger partial charge on any atom is 0.294 e. The maximum atomic E-state index is 11.5. The van der Waals surface area contributed by atoms with Gasteiger partial charge in [0.25, 0.3) is 5.91 Å². The third kappa shape index (κ3) is 1.86. The topological polar surface area (TPSA) is 37.4 Å². The molecular formula is C10H7Br2NO2. The van der Waals surface area contributed by atoms with E-state index < -0.39 is 5.91 Å².